The molecule has 18 heavy (non-hydrogen) atoms. The van der Waals surface area contributed by atoms with Gasteiger partial charge in [0.2, 0.25) is 5.91 Å². The lowest BCUT2D eigenvalue weighted by molar-refractivity contribution is -0.162. The van der Waals surface area contributed by atoms with Crippen molar-refractivity contribution in [1.29, 1.82) is 0 Å². The first-order valence-electron chi connectivity index (χ1n) is 5.60. The fraction of sp³-hybridized carbons (Fsp3) is 0.818. The summed E-state index contributed by atoms with van der Waals surface area (Å²) < 4.78 is 36.8. The second kappa shape index (κ2) is 4.44. The average Bonchev–Trinajstić information content (AvgIpc) is 2.75. The molecule has 1 saturated carbocycles. The molecule has 1 aliphatic rings. The number of nitrogens with zero attached hydrogens (tertiary/aromatic N) is 1. The summed E-state index contributed by atoms with van der Waals surface area (Å²) in [6.45, 7) is 3.18. The van der Waals surface area contributed by atoms with E-state index in [4.69, 9.17) is 5.11 Å². The van der Waals surface area contributed by atoms with Crippen molar-refractivity contribution >= 4 is 11.9 Å². The number of amides is 1. The molecule has 104 valence electrons. The van der Waals surface area contributed by atoms with E-state index < -0.39 is 41.8 Å². The number of carbonyl (C=O) groups is 2. The number of carboxylic acid groups (broad SMARTS) is 1. The van der Waals surface area contributed by atoms with E-state index in [-0.39, 0.29) is 6.54 Å². The molecule has 0 bridgehead atoms. The molecule has 0 aromatic heterocycles. The van der Waals surface area contributed by atoms with Crippen molar-refractivity contribution in [3.05, 3.63) is 0 Å². The van der Waals surface area contributed by atoms with E-state index in [9.17, 15) is 22.8 Å². The van der Waals surface area contributed by atoms with Crippen LogP contribution in [-0.2, 0) is 9.59 Å². The molecule has 0 aromatic rings. The topological polar surface area (TPSA) is 57.6 Å². The average molecular weight is 267 g/mol. The molecular formula is C11H16F3NO3. The van der Waals surface area contributed by atoms with Crippen molar-refractivity contribution in [2.45, 2.75) is 26.9 Å². The highest BCUT2D eigenvalue weighted by molar-refractivity contribution is 5.91. The summed E-state index contributed by atoms with van der Waals surface area (Å²) in [4.78, 5) is 23.5. The smallest absolute Gasteiger partial charge is 0.406 e. The third-order valence-corrected chi connectivity index (χ3v) is 3.42. The summed E-state index contributed by atoms with van der Waals surface area (Å²) in [5, 5.41) is 8.90. The minimum Gasteiger partial charge on any atom is -0.481 e. The van der Waals surface area contributed by atoms with Crippen LogP contribution < -0.4 is 0 Å². The molecule has 0 aliphatic heterocycles. The predicted octanol–water partition coefficient (Wildman–Crippen LogP) is 1.75. The van der Waals surface area contributed by atoms with Gasteiger partial charge in [-0.2, -0.15) is 13.2 Å². The number of aliphatic carboxylic acids is 1. The molecule has 7 heteroatoms. The lowest BCUT2D eigenvalue weighted by Crippen LogP contribution is -2.40. The van der Waals surface area contributed by atoms with E-state index in [1.54, 1.807) is 13.8 Å². The van der Waals surface area contributed by atoms with Gasteiger partial charge in [0, 0.05) is 6.54 Å². The zero-order chi connectivity index (χ0) is 14.3. The summed E-state index contributed by atoms with van der Waals surface area (Å²) in [5.41, 5.74) is -0.776. The van der Waals surface area contributed by atoms with E-state index in [0.29, 0.717) is 4.90 Å². The van der Waals surface area contributed by atoms with Crippen LogP contribution in [0.25, 0.3) is 0 Å². The van der Waals surface area contributed by atoms with Gasteiger partial charge in [-0.05, 0) is 12.3 Å². The van der Waals surface area contributed by atoms with Crippen molar-refractivity contribution < 1.29 is 27.9 Å². The number of alkyl halides is 3. The van der Waals surface area contributed by atoms with Crippen LogP contribution in [0.5, 0.6) is 0 Å². The number of carbonyl (C=O) groups excluding carboxylic acids is 1. The zero-order valence-corrected chi connectivity index (χ0v) is 10.4. The monoisotopic (exact) mass is 267 g/mol. The minimum atomic E-state index is -4.47. The number of hydrogen-bond donors (Lipinski definition) is 1. The van der Waals surface area contributed by atoms with Gasteiger partial charge in [-0.1, -0.05) is 13.8 Å². The quantitative estimate of drug-likeness (QED) is 0.844. The van der Waals surface area contributed by atoms with Crippen LogP contribution in [0.1, 0.15) is 20.8 Å². The Hall–Kier alpha value is -1.27. The van der Waals surface area contributed by atoms with Crippen molar-refractivity contribution in [1.82, 2.24) is 4.90 Å². The summed E-state index contributed by atoms with van der Waals surface area (Å²) in [6.07, 6.45) is -4.47. The molecule has 4 nitrogen and oxygen atoms in total. The van der Waals surface area contributed by atoms with E-state index in [0.717, 1.165) is 0 Å². The molecule has 0 aromatic carbocycles. The van der Waals surface area contributed by atoms with Gasteiger partial charge in [0.15, 0.2) is 0 Å². The Balaban J connectivity index is 2.79. The highest BCUT2D eigenvalue weighted by Gasteiger charge is 2.66. The van der Waals surface area contributed by atoms with Crippen molar-refractivity contribution in [3.63, 3.8) is 0 Å². The Morgan fingerprint density at radius 3 is 2.06 bits per heavy atom. The van der Waals surface area contributed by atoms with Gasteiger partial charge in [-0.3, -0.25) is 9.59 Å². The Bertz CT molecular complexity index is 365. The summed E-state index contributed by atoms with van der Waals surface area (Å²) in [5.74, 6) is -3.63. The third kappa shape index (κ3) is 2.76. The summed E-state index contributed by atoms with van der Waals surface area (Å²) in [7, 11) is 0. The number of hydrogen-bond acceptors (Lipinski definition) is 2. The van der Waals surface area contributed by atoms with Crippen molar-refractivity contribution in [3.8, 4) is 0 Å². The zero-order valence-electron chi connectivity index (χ0n) is 10.4. The molecular weight excluding hydrogens is 251 g/mol. The first-order valence-corrected chi connectivity index (χ1v) is 5.60. The van der Waals surface area contributed by atoms with Gasteiger partial charge in [0.05, 0.1) is 11.8 Å². The fourth-order valence-corrected chi connectivity index (χ4v) is 2.32. The highest BCUT2D eigenvalue weighted by Crippen LogP contribution is 2.59. The van der Waals surface area contributed by atoms with Crippen LogP contribution in [0.15, 0.2) is 0 Å². The van der Waals surface area contributed by atoms with E-state index in [2.05, 4.69) is 0 Å². The molecule has 1 rings (SSSR count). The maximum Gasteiger partial charge on any atom is 0.406 e. The molecule has 2 unspecified atom stereocenters. The normalized spacial score (nSPS) is 25.7. The SMILES string of the molecule is CCN(CC(F)(F)F)C(=O)C1C(C(=O)O)C1(C)C. The maximum absolute atomic E-state index is 12.3. The van der Waals surface area contributed by atoms with Crippen LogP contribution in [0.3, 0.4) is 0 Å². The fourth-order valence-electron chi connectivity index (χ4n) is 2.32. The predicted molar refractivity (Wildman–Crippen MR) is 56.7 cm³/mol. The van der Waals surface area contributed by atoms with Gasteiger partial charge in [-0.15, -0.1) is 0 Å². The standard InChI is InChI=1S/C11H16F3NO3/c1-4-15(5-11(12,13)14)8(16)6-7(9(17)18)10(6,2)3/h6-7H,4-5H2,1-3H3,(H,17,18). The first-order chi connectivity index (χ1) is 8.02. The molecule has 1 fully saturated rings. The van der Waals surface area contributed by atoms with Crippen LogP contribution in [-0.4, -0.2) is 41.1 Å². The van der Waals surface area contributed by atoms with Gasteiger partial charge >= 0.3 is 12.1 Å². The van der Waals surface area contributed by atoms with E-state index in [1.165, 1.54) is 6.92 Å². The van der Waals surface area contributed by atoms with Gasteiger partial charge in [0.25, 0.3) is 0 Å². The van der Waals surface area contributed by atoms with E-state index >= 15 is 0 Å². The van der Waals surface area contributed by atoms with Crippen LogP contribution >= 0.6 is 0 Å². The Labute approximate surface area is 103 Å². The summed E-state index contributed by atoms with van der Waals surface area (Å²) >= 11 is 0. The number of rotatable bonds is 4. The minimum absolute atomic E-state index is 0.0860. The molecule has 1 amide bonds. The Morgan fingerprint density at radius 1 is 1.28 bits per heavy atom. The first kappa shape index (κ1) is 14.8. The van der Waals surface area contributed by atoms with Crippen LogP contribution in [0.2, 0.25) is 0 Å². The molecule has 1 aliphatic carbocycles. The van der Waals surface area contributed by atoms with Crippen molar-refractivity contribution in [2.75, 3.05) is 13.1 Å². The Kier molecular flexibility index (Phi) is 3.65. The van der Waals surface area contributed by atoms with Crippen LogP contribution in [0.4, 0.5) is 13.2 Å². The second-order valence-corrected chi connectivity index (χ2v) is 5.08. The van der Waals surface area contributed by atoms with Crippen molar-refractivity contribution in [2.24, 2.45) is 17.3 Å². The molecule has 2 atom stereocenters. The molecule has 0 spiro atoms. The van der Waals surface area contributed by atoms with Gasteiger partial charge in [-0.25, -0.2) is 0 Å². The summed E-state index contributed by atoms with van der Waals surface area (Å²) in [6, 6.07) is 0. The van der Waals surface area contributed by atoms with Gasteiger partial charge < -0.3 is 10.0 Å². The number of halogens is 3. The van der Waals surface area contributed by atoms with E-state index in [1.807, 2.05) is 0 Å². The van der Waals surface area contributed by atoms with Gasteiger partial charge in [0.1, 0.15) is 6.54 Å². The Morgan fingerprint density at radius 2 is 1.78 bits per heavy atom. The molecule has 0 heterocycles. The third-order valence-electron chi connectivity index (χ3n) is 3.42. The largest absolute Gasteiger partial charge is 0.481 e. The molecule has 1 N–H and O–H groups in total. The lowest BCUT2D eigenvalue weighted by atomic mass is 10.1. The molecule has 0 saturated heterocycles. The maximum atomic E-state index is 12.3. The number of carboxylic acids is 1. The molecule has 0 radical (unpaired) electrons. The highest BCUT2D eigenvalue weighted by atomic mass is 19.4. The van der Waals surface area contributed by atoms with Crippen LogP contribution in [0, 0.1) is 17.3 Å². The second-order valence-electron chi connectivity index (χ2n) is 5.08. The lowest BCUT2D eigenvalue weighted by Gasteiger charge is -2.23.